The summed E-state index contributed by atoms with van der Waals surface area (Å²) < 4.78 is 4.83. The second-order valence-corrected chi connectivity index (χ2v) is 17.8. The zero-order valence-electron chi connectivity index (χ0n) is 30.7. The van der Waals surface area contributed by atoms with Gasteiger partial charge in [-0.25, -0.2) is 0 Å². The van der Waals surface area contributed by atoms with E-state index in [1.54, 1.807) is 33.7 Å². The molecule has 266 valence electrons. The molecular formula is C39H59N3O5S. The van der Waals surface area contributed by atoms with Gasteiger partial charge in [-0.15, -0.1) is 24.9 Å². The predicted molar refractivity (Wildman–Crippen MR) is 196 cm³/mol. The lowest BCUT2D eigenvalue weighted by atomic mass is 9.65. The lowest BCUT2D eigenvalue weighted by Gasteiger charge is -2.47. The first-order chi connectivity index (χ1) is 22.5. The molecule has 48 heavy (non-hydrogen) atoms. The van der Waals surface area contributed by atoms with E-state index in [-0.39, 0.29) is 53.4 Å². The molecule has 1 aromatic rings. The van der Waals surface area contributed by atoms with E-state index in [4.69, 9.17) is 4.74 Å². The lowest BCUT2D eigenvalue weighted by Crippen LogP contribution is -2.63. The van der Waals surface area contributed by atoms with Crippen LogP contribution in [0.2, 0.25) is 0 Å². The minimum Gasteiger partial charge on any atom is -0.494 e. The predicted octanol–water partition coefficient (Wildman–Crippen LogP) is 6.58. The normalized spacial score (nSPS) is 27.2. The first-order valence-electron chi connectivity index (χ1n) is 17.7. The van der Waals surface area contributed by atoms with Crippen LogP contribution < -0.4 is 9.64 Å². The van der Waals surface area contributed by atoms with Gasteiger partial charge in [0, 0.05) is 29.6 Å². The van der Waals surface area contributed by atoms with Gasteiger partial charge in [0.05, 0.1) is 35.8 Å². The molecule has 9 heteroatoms. The van der Waals surface area contributed by atoms with Crippen LogP contribution >= 0.6 is 11.8 Å². The number of nitrogens with zero attached hydrogens (tertiary/aromatic N) is 3. The fourth-order valence-electron chi connectivity index (χ4n) is 9.06. The number of aliphatic hydroxyl groups is 1. The quantitative estimate of drug-likeness (QED) is 0.211. The molecule has 0 radical (unpaired) electrons. The monoisotopic (exact) mass is 681 g/mol. The average molecular weight is 682 g/mol. The summed E-state index contributed by atoms with van der Waals surface area (Å²) in [6.07, 6.45) is 5.50. The molecule has 0 aliphatic carbocycles. The van der Waals surface area contributed by atoms with Crippen LogP contribution in [-0.2, 0) is 14.4 Å². The highest BCUT2D eigenvalue weighted by Gasteiger charge is 2.77. The van der Waals surface area contributed by atoms with E-state index in [2.05, 4.69) is 68.5 Å². The molecule has 7 atom stereocenters. The molecule has 3 fully saturated rings. The van der Waals surface area contributed by atoms with Crippen LogP contribution in [0.5, 0.6) is 5.75 Å². The summed E-state index contributed by atoms with van der Waals surface area (Å²) in [6.45, 7) is 27.7. The van der Waals surface area contributed by atoms with Gasteiger partial charge in [-0.3, -0.25) is 14.4 Å². The van der Waals surface area contributed by atoms with Gasteiger partial charge in [0.1, 0.15) is 11.8 Å². The number of aliphatic hydroxyl groups excluding tert-OH is 1. The third-order valence-corrected chi connectivity index (χ3v) is 12.4. The number of fused-ring (bicyclic) bond motifs is 1. The van der Waals surface area contributed by atoms with Gasteiger partial charge in [-0.2, -0.15) is 0 Å². The summed E-state index contributed by atoms with van der Waals surface area (Å²) in [5, 5.41) is 10.7. The minimum absolute atomic E-state index is 0.0116. The summed E-state index contributed by atoms with van der Waals surface area (Å²) in [5.74, 6) is -0.821. The first kappa shape index (κ1) is 38.0. The lowest BCUT2D eigenvalue weighted by molar-refractivity contribution is -0.149. The van der Waals surface area contributed by atoms with Crippen LogP contribution in [0.25, 0.3) is 0 Å². The number of carbonyl (C=O) groups is 3. The Hall–Kier alpha value is -2.78. The molecule has 1 N–H and O–H groups in total. The highest BCUT2D eigenvalue weighted by atomic mass is 32.2. The zero-order valence-corrected chi connectivity index (χ0v) is 31.5. The highest BCUT2D eigenvalue weighted by molar-refractivity contribution is 8.02. The maximum absolute atomic E-state index is 15.3. The third kappa shape index (κ3) is 6.96. The fraction of sp³-hybridized carbons (Fsp3) is 0.667. The van der Waals surface area contributed by atoms with Crippen LogP contribution in [0.4, 0.5) is 5.69 Å². The largest absolute Gasteiger partial charge is 0.494 e. The molecule has 4 rings (SSSR count). The van der Waals surface area contributed by atoms with E-state index in [0.29, 0.717) is 25.3 Å². The fourth-order valence-corrected chi connectivity index (χ4v) is 11.5. The molecule has 3 unspecified atom stereocenters. The maximum atomic E-state index is 15.3. The molecular weight excluding hydrogens is 623 g/mol. The molecule has 3 aliphatic rings. The van der Waals surface area contributed by atoms with E-state index < -0.39 is 34.2 Å². The number of carbonyl (C=O) groups excluding carboxylic acids is 3. The maximum Gasteiger partial charge on any atom is 0.247 e. The Morgan fingerprint density at radius 3 is 2.25 bits per heavy atom. The van der Waals surface area contributed by atoms with Crippen LogP contribution in [-0.4, -0.2) is 86.6 Å². The van der Waals surface area contributed by atoms with E-state index in [0.717, 1.165) is 18.6 Å². The summed E-state index contributed by atoms with van der Waals surface area (Å²) in [7, 11) is 0. The molecule has 3 heterocycles. The van der Waals surface area contributed by atoms with Gasteiger partial charge in [0.15, 0.2) is 0 Å². The van der Waals surface area contributed by atoms with E-state index in [9.17, 15) is 9.90 Å². The standard InChI is InChI=1S/C39H59N3O5S/c1-12-19-40(27-15-17-29(18-16-27)47-14-3)34(44)31-30-22-26(6)39(48-30)32(31)35(45)42(28(23-43)21-25(4)5)33(39)36(46)41(20-13-2)38(10,11)24-37(7,8)9/h12-13,15-18,25-26,28,30-33,43H,1-2,14,19-24H2,3-11H3/t26?,28-,30-,31+,32+,33?,39?/m1/s1. The van der Waals surface area contributed by atoms with Gasteiger partial charge in [0.25, 0.3) is 0 Å². The second-order valence-electron chi connectivity index (χ2n) is 16.2. The Morgan fingerprint density at radius 2 is 1.73 bits per heavy atom. The number of benzene rings is 1. The molecule has 3 aliphatic heterocycles. The third-order valence-electron chi connectivity index (χ3n) is 10.4. The number of anilines is 1. The van der Waals surface area contributed by atoms with Crippen molar-refractivity contribution in [1.29, 1.82) is 0 Å². The Bertz CT molecular complexity index is 1350. The van der Waals surface area contributed by atoms with Crippen molar-refractivity contribution in [2.24, 2.45) is 29.1 Å². The van der Waals surface area contributed by atoms with Crippen LogP contribution in [0.1, 0.15) is 81.6 Å². The van der Waals surface area contributed by atoms with E-state index >= 15 is 9.59 Å². The van der Waals surface area contributed by atoms with Gasteiger partial charge in [-0.05, 0) is 81.5 Å². The first-order valence-corrected chi connectivity index (χ1v) is 18.5. The van der Waals surface area contributed by atoms with Crippen molar-refractivity contribution in [1.82, 2.24) is 9.80 Å². The van der Waals surface area contributed by atoms with Crippen molar-refractivity contribution < 1.29 is 24.2 Å². The Kier molecular flexibility index (Phi) is 11.6. The molecule has 8 nitrogen and oxygen atoms in total. The number of hydrogen-bond donors (Lipinski definition) is 1. The topological polar surface area (TPSA) is 90.4 Å². The van der Waals surface area contributed by atoms with Crippen molar-refractivity contribution in [2.45, 2.75) is 109 Å². The number of ether oxygens (including phenoxy) is 1. The zero-order chi connectivity index (χ0) is 35.8. The Labute approximate surface area is 293 Å². The van der Waals surface area contributed by atoms with Gasteiger partial charge in [0.2, 0.25) is 17.7 Å². The molecule has 1 aromatic carbocycles. The summed E-state index contributed by atoms with van der Waals surface area (Å²) in [6, 6.07) is 6.09. The summed E-state index contributed by atoms with van der Waals surface area (Å²) in [4.78, 5) is 50.4. The Balaban J connectivity index is 1.85. The molecule has 0 aromatic heterocycles. The Morgan fingerprint density at radius 1 is 1.10 bits per heavy atom. The van der Waals surface area contributed by atoms with Gasteiger partial charge < -0.3 is 24.5 Å². The second kappa shape index (κ2) is 14.6. The van der Waals surface area contributed by atoms with Crippen LogP contribution in [0.3, 0.4) is 0 Å². The van der Waals surface area contributed by atoms with Crippen molar-refractivity contribution >= 4 is 35.2 Å². The molecule has 1 spiro atoms. The van der Waals surface area contributed by atoms with Crippen LogP contribution in [0.15, 0.2) is 49.6 Å². The van der Waals surface area contributed by atoms with E-state index in [1.165, 1.54) is 0 Å². The van der Waals surface area contributed by atoms with Gasteiger partial charge in [-0.1, -0.05) is 53.7 Å². The number of thioether (sulfide) groups is 1. The van der Waals surface area contributed by atoms with E-state index in [1.807, 2.05) is 36.1 Å². The molecule has 2 bridgehead atoms. The highest BCUT2D eigenvalue weighted by Crippen LogP contribution is 2.69. The number of rotatable bonds is 15. The smallest absolute Gasteiger partial charge is 0.247 e. The molecule has 0 saturated carbocycles. The van der Waals surface area contributed by atoms with Crippen molar-refractivity contribution in [3.63, 3.8) is 0 Å². The van der Waals surface area contributed by atoms with Crippen molar-refractivity contribution in [3.05, 3.63) is 49.6 Å². The summed E-state index contributed by atoms with van der Waals surface area (Å²) >= 11 is 1.67. The van der Waals surface area contributed by atoms with Gasteiger partial charge >= 0.3 is 0 Å². The number of hydrogen-bond acceptors (Lipinski definition) is 6. The molecule has 3 saturated heterocycles. The van der Waals surface area contributed by atoms with Crippen LogP contribution in [0, 0.1) is 29.1 Å². The average Bonchev–Trinajstić information content (AvgIpc) is 3.59. The van der Waals surface area contributed by atoms with Crippen molar-refractivity contribution in [2.75, 3.05) is 31.2 Å². The summed E-state index contributed by atoms with van der Waals surface area (Å²) in [5.41, 5.74) is 0.122. The van der Waals surface area contributed by atoms with Crippen molar-refractivity contribution in [3.8, 4) is 5.75 Å². The number of likely N-dealkylation sites (tertiary alicyclic amines) is 1. The SMILES string of the molecule is C=CCN(C(=O)[C@@H]1[C@H]2C(=O)N([C@@H](CO)CC(C)C)C(C(=O)N(CC=C)C(C)(C)CC(C)(C)C)C23S[C@@H]1CC3C)c1ccc(OCC)cc1. The molecule has 3 amide bonds. The number of amides is 3. The minimum atomic E-state index is -0.814.